The first-order chi connectivity index (χ1) is 14.2. The number of ether oxygens (including phenoxy) is 4. The van der Waals surface area contributed by atoms with Gasteiger partial charge in [-0.2, -0.15) is 0 Å². The van der Waals surface area contributed by atoms with Crippen LogP contribution in [0, 0.1) is 11.8 Å². The molecule has 0 N–H and O–H groups in total. The normalized spacial score (nSPS) is 32.9. The third-order valence-electron chi connectivity index (χ3n) is 5.59. The van der Waals surface area contributed by atoms with E-state index in [4.69, 9.17) is 18.9 Å². The molecule has 2 saturated heterocycles. The molecule has 0 spiro atoms. The van der Waals surface area contributed by atoms with Crippen LogP contribution in [-0.2, 0) is 38.1 Å². The molecular formula is C22H26O8. The predicted octanol–water partition coefficient (Wildman–Crippen LogP) is 2.18. The maximum Gasteiger partial charge on any atom is 0.348 e. The van der Waals surface area contributed by atoms with Gasteiger partial charge in [-0.3, -0.25) is 0 Å². The lowest BCUT2D eigenvalue weighted by Gasteiger charge is -2.13. The number of carbonyl (C=O) groups excluding carboxylic acids is 4. The SMILES string of the molecule is C=C(C)C(=O)O[C@@H]1C(=O)O[C@@H]2C=CC[C@H]12.C=C(C)C(=O)O[C@@H]1C(=O)O[C@@H]2CCC[C@H]12. The third-order valence-corrected chi connectivity index (χ3v) is 5.59. The first-order valence-electron chi connectivity index (χ1n) is 9.99. The Morgan fingerprint density at radius 1 is 0.933 bits per heavy atom. The maximum atomic E-state index is 11.4. The summed E-state index contributed by atoms with van der Waals surface area (Å²) in [5.74, 6) is -1.90. The molecule has 2 aliphatic carbocycles. The van der Waals surface area contributed by atoms with E-state index in [-0.39, 0.29) is 29.6 Å². The van der Waals surface area contributed by atoms with Crippen molar-refractivity contribution < 1.29 is 38.1 Å². The van der Waals surface area contributed by atoms with Gasteiger partial charge in [0.05, 0.1) is 5.92 Å². The van der Waals surface area contributed by atoms with Crippen molar-refractivity contribution >= 4 is 23.9 Å². The summed E-state index contributed by atoms with van der Waals surface area (Å²) < 4.78 is 20.3. The van der Waals surface area contributed by atoms with Crippen molar-refractivity contribution in [1.82, 2.24) is 0 Å². The minimum Gasteiger partial charge on any atom is -0.459 e. The number of allylic oxidation sites excluding steroid dienone is 1. The summed E-state index contributed by atoms with van der Waals surface area (Å²) in [6.07, 6.45) is 5.55. The summed E-state index contributed by atoms with van der Waals surface area (Å²) in [4.78, 5) is 45.4. The molecular weight excluding hydrogens is 392 g/mol. The van der Waals surface area contributed by atoms with E-state index >= 15 is 0 Å². The zero-order chi connectivity index (χ0) is 22.0. The fourth-order valence-corrected chi connectivity index (χ4v) is 3.99. The van der Waals surface area contributed by atoms with Gasteiger partial charge in [-0.15, -0.1) is 0 Å². The molecule has 2 aliphatic heterocycles. The van der Waals surface area contributed by atoms with Crippen LogP contribution in [-0.4, -0.2) is 48.3 Å². The van der Waals surface area contributed by atoms with E-state index in [0.717, 1.165) is 19.3 Å². The number of hydrogen-bond donors (Lipinski definition) is 0. The van der Waals surface area contributed by atoms with E-state index in [2.05, 4.69) is 13.2 Å². The van der Waals surface area contributed by atoms with Crippen molar-refractivity contribution in [2.24, 2.45) is 11.8 Å². The van der Waals surface area contributed by atoms with Crippen LogP contribution >= 0.6 is 0 Å². The van der Waals surface area contributed by atoms with Crippen LogP contribution in [0.1, 0.15) is 39.5 Å². The Morgan fingerprint density at radius 3 is 2.10 bits per heavy atom. The van der Waals surface area contributed by atoms with Crippen molar-refractivity contribution in [2.45, 2.75) is 63.9 Å². The van der Waals surface area contributed by atoms with E-state index in [1.807, 2.05) is 12.2 Å². The van der Waals surface area contributed by atoms with E-state index < -0.39 is 36.1 Å². The van der Waals surface area contributed by atoms with Crippen molar-refractivity contribution in [3.05, 3.63) is 36.5 Å². The van der Waals surface area contributed by atoms with Crippen molar-refractivity contribution in [1.29, 1.82) is 0 Å². The van der Waals surface area contributed by atoms with Crippen LogP contribution in [0.15, 0.2) is 36.5 Å². The molecule has 0 radical (unpaired) electrons. The first-order valence-corrected chi connectivity index (χ1v) is 9.99. The highest BCUT2D eigenvalue weighted by atomic mass is 16.6. The molecule has 2 heterocycles. The standard InChI is InChI=1S/C11H14O4.C11H12O4/c2*1-6(2)10(12)15-9-7-4-3-5-8(7)14-11(9)13/h7-9H,1,3-5H2,2H3;3,5,7-9H,1,4H2,2H3/t2*7-,8+,9-/m00/s1. The molecule has 8 nitrogen and oxygen atoms in total. The summed E-state index contributed by atoms with van der Waals surface area (Å²) in [7, 11) is 0. The second-order valence-corrected chi connectivity index (χ2v) is 8.01. The lowest BCUT2D eigenvalue weighted by molar-refractivity contribution is -0.159. The highest BCUT2D eigenvalue weighted by Gasteiger charge is 2.49. The molecule has 0 aromatic carbocycles. The molecule has 0 bridgehead atoms. The Hall–Kier alpha value is -2.90. The lowest BCUT2D eigenvalue weighted by Crippen LogP contribution is -2.29. The zero-order valence-corrected chi connectivity index (χ0v) is 17.1. The second kappa shape index (κ2) is 8.85. The van der Waals surface area contributed by atoms with E-state index in [1.165, 1.54) is 0 Å². The Balaban J connectivity index is 0.000000171. The average molecular weight is 418 g/mol. The van der Waals surface area contributed by atoms with Crippen molar-refractivity contribution in [3.63, 3.8) is 0 Å². The zero-order valence-electron chi connectivity index (χ0n) is 17.1. The van der Waals surface area contributed by atoms with Gasteiger partial charge in [-0.05, 0) is 45.6 Å². The molecule has 162 valence electrons. The van der Waals surface area contributed by atoms with Crippen LogP contribution in [0.4, 0.5) is 0 Å². The van der Waals surface area contributed by atoms with Gasteiger partial charge in [0.25, 0.3) is 0 Å². The summed E-state index contributed by atoms with van der Waals surface area (Å²) in [5, 5.41) is 0. The maximum absolute atomic E-state index is 11.4. The molecule has 4 aliphatic rings. The smallest absolute Gasteiger partial charge is 0.348 e. The molecule has 4 rings (SSSR count). The highest BCUT2D eigenvalue weighted by Crippen LogP contribution is 2.38. The fourth-order valence-electron chi connectivity index (χ4n) is 3.99. The van der Waals surface area contributed by atoms with Crippen molar-refractivity contribution in [3.8, 4) is 0 Å². The van der Waals surface area contributed by atoms with Crippen LogP contribution in [0.2, 0.25) is 0 Å². The van der Waals surface area contributed by atoms with Crippen molar-refractivity contribution in [2.75, 3.05) is 0 Å². The number of carbonyl (C=O) groups is 4. The van der Waals surface area contributed by atoms with Gasteiger partial charge >= 0.3 is 23.9 Å². The van der Waals surface area contributed by atoms with Gasteiger partial charge in [0.15, 0.2) is 0 Å². The molecule has 6 atom stereocenters. The van der Waals surface area contributed by atoms with Gasteiger partial charge in [0.1, 0.15) is 12.2 Å². The molecule has 1 saturated carbocycles. The number of fused-ring (bicyclic) bond motifs is 2. The summed E-state index contributed by atoms with van der Waals surface area (Å²) >= 11 is 0. The lowest BCUT2D eigenvalue weighted by atomic mass is 10.0. The van der Waals surface area contributed by atoms with E-state index in [1.54, 1.807) is 13.8 Å². The number of rotatable bonds is 4. The average Bonchev–Trinajstić information content (AvgIpc) is 3.42. The Kier molecular flexibility index (Phi) is 6.43. The molecule has 30 heavy (non-hydrogen) atoms. The van der Waals surface area contributed by atoms with Crippen LogP contribution in [0.5, 0.6) is 0 Å². The van der Waals surface area contributed by atoms with Gasteiger partial charge in [0, 0.05) is 17.1 Å². The minimum atomic E-state index is -0.769. The minimum absolute atomic E-state index is 0.0413. The van der Waals surface area contributed by atoms with Gasteiger partial charge in [-0.25, -0.2) is 19.2 Å². The second-order valence-electron chi connectivity index (χ2n) is 8.01. The Bertz CT molecular complexity index is 782. The van der Waals surface area contributed by atoms with Gasteiger partial charge in [-0.1, -0.05) is 19.2 Å². The molecule has 8 heteroatoms. The summed E-state index contributed by atoms with van der Waals surface area (Å²) in [5.41, 5.74) is 0.599. The largest absolute Gasteiger partial charge is 0.459 e. The molecule has 3 fully saturated rings. The van der Waals surface area contributed by atoms with Crippen LogP contribution in [0.25, 0.3) is 0 Å². The summed E-state index contributed by atoms with van der Waals surface area (Å²) in [6.45, 7) is 10.1. The number of esters is 4. The summed E-state index contributed by atoms with van der Waals surface area (Å²) in [6, 6.07) is 0. The quantitative estimate of drug-likeness (QED) is 0.296. The van der Waals surface area contributed by atoms with Gasteiger partial charge < -0.3 is 18.9 Å². The molecule has 0 unspecified atom stereocenters. The third kappa shape index (κ3) is 4.47. The first kappa shape index (κ1) is 21.8. The molecule has 0 aromatic heterocycles. The molecule has 0 aromatic rings. The Labute approximate surface area is 174 Å². The monoisotopic (exact) mass is 418 g/mol. The van der Waals surface area contributed by atoms with Gasteiger partial charge in [0.2, 0.25) is 12.2 Å². The predicted molar refractivity (Wildman–Crippen MR) is 104 cm³/mol. The van der Waals surface area contributed by atoms with E-state index in [9.17, 15) is 19.2 Å². The van der Waals surface area contributed by atoms with Crippen LogP contribution < -0.4 is 0 Å². The fraction of sp³-hybridized carbons (Fsp3) is 0.545. The molecule has 0 amide bonds. The van der Waals surface area contributed by atoms with E-state index in [0.29, 0.717) is 12.0 Å². The number of hydrogen-bond acceptors (Lipinski definition) is 8. The van der Waals surface area contributed by atoms with Crippen LogP contribution in [0.3, 0.4) is 0 Å². The topological polar surface area (TPSA) is 105 Å². The highest BCUT2D eigenvalue weighted by molar-refractivity contribution is 5.90. The Morgan fingerprint density at radius 2 is 1.50 bits per heavy atom.